The van der Waals surface area contributed by atoms with E-state index in [9.17, 15) is 10.2 Å². The molecule has 2 heteroatoms. The summed E-state index contributed by atoms with van der Waals surface area (Å²) < 4.78 is 0. The largest absolute Gasteiger partial charge is 0.393 e. The maximum Gasteiger partial charge on any atom is 0.0584 e. The quantitative estimate of drug-likeness (QED) is 0.709. The second-order valence-corrected chi connectivity index (χ2v) is 10.2. The molecule has 0 aliphatic heterocycles. The van der Waals surface area contributed by atoms with Gasteiger partial charge in [-0.3, -0.25) is 0 Å². The lowest BCUT2D eigenvalue weighted by molar-refractivity contribution is -0.225. The van der Waals surface area contributed by atoms with E-state index in [-0.39, 0.29) is 33.9 Å². The summed E-state index contributed by atoms with van der Waals surface area (Å²) in [6, 6.07) is 0. The normalized spacial score (nSPS) is 53.2. The lowest BCUT2D eigenvalue weighted by atomic mass is 9.38. The van der Waals surface area contributed by atoms with Gasteiger partial charge >= 0.3 is 0 Å². The number of hydrogen-bond acceptors (Lipinski definition) is 2. The van der Waals surface area contributed by atoms with Crippen molar-refractivity contribution >= 4 is 0 Å². The van der Waals surface area contributed by atoms with Crippen molar-refractivity contribution < 1.29 is 10.2 Å². The Morgan fingerprint density at radius 3 is 1.95 bits per heavy atom. The Hall–Kier alpha value is -0.0800. The smallest absolute Gasteiger partial charge is 0.0584 e. The summed E-state index contributed by atoms with van der Waals surface area (Å²) in [6.07, 6.45) is 5.98. The van der Waals surface area contributed by atoms with Crippen LogP contribution in [0, 0.1) is 27.6 Å². The Morgan fingerprint density at radius 1 is 0.800 bits per heavy atom. The van der Waals surface area contributed by atoms with Crippen LogP contribution in [0.2, 0.25) is 0 Å². The van der Waals surface area contributed by atoms with Gasteiger partial charge in [0, 0.05) is 0 Å². The first-order chi connectivity index (χ1) is 8.97. The Bertz CT molecular complexity index is 407. The molecule has 0 aromatic carbocycles. The van der Waals surface area contributed by atoms with Gasteiger partial charge in [0.05, 0.1) is 12.2 Å². The molecule has 4 fully saturated rings. The summed E-state index contributed by atoms with van der Waals surface area (Å²) in [6.45, 7) is 11.6. The van der Waals surface area contributed by atoms with Crippen molar-refractivity contribution in [1.82, 2.24) is 0 Å². The van der Waals surface area contributed by atoms with Crippen molar-refractivity contribution in [3.63, 3.8) is 0 Å². The predicted octanol–water partition coefficient (Wildman–Crippen LogP) is 3.75. The van der Waals surface area contributed by atoms with E-state index < -0.39 is 0 Å². The van der Waals surface area contributed by atoms with Crippen LogP contribution in [0.15, 0.2) is 0 Å². The summed E-state index contributed by atoms with van der Waals surface area (Å²) >= 11 is 0. The molecular formula is C18H32O2. The highest BCUT2D eigenvalue weighted by atomic mass is 16.3. The van der Waals surface area contributed by atoms with Crippen molar-refractivity contribution in [1.29, 1.82) is 0 Å². The van der Waals surface area contributed by atoms with Crippen molar-refractivity contribution in [3.05, 3.63) is 0 Å². The Balaban J connectivity index is 2.04. The molecular weight excluding hydrogens is 248 g/mol. The van der Waals surface area contributed by atoms with Gasteiger partial charge in [0.15, 0.2) is 0 Å². The van der Waals surface area contributed by atoms with Crippen LogP contribution < -0.4 is 0 Å². The molecule has 5 atom stereocenters. The zero-order chi connectivity index (χ0) is 15.0. The van der Waals surface area contributed by atoms with Crippen LogP contribution in [0.3, 0.4) is 0 Å². The lowest BCUT2D eigenvalue weighted by Crippen LogP contribution is -2.63. The molecule has 2 nitrogen and oxygen atoms in total. The van der Waals surface area contributed by atoms with E-state index >= 15 is 0 Å². The maximum absolute atomic E-state index is 10.8. The molecule has 4 saturated carbocycles. The summed E-state index contributed by atoms with van der Waals surface area (Å²) in [5, 5.41) is 21.2. The van der Waals surface area contributed by atoms with Crippen molar-refractivity contribution in [2.75, 3.05) is 0 Å². The average Bonchev–Trinajstić information content (AvgIpc) is 2.04. The molecule has 0 aromatic heterocycles. The minimum Gasteiger partial charge on any atom is -0.393 e. The van der Waals surface area contributed by atoms with E-state index in [2.05, 4.69) is 34.6 Å². The number of hydrogen-bond donors (Lipinski definition) is 2. The van der Waals surface area contributed by atoms with E-state index in [0.29, 0.717) is 5.92 Å². The van der Waals surface area contributed by atoms with Crippen molar-refractivity contribution in [2.24, 2.45) is 27.6 Å². The third-order valence-corrected chi connectivity index (χ3v) is 6.51. The molecule has 0 amide bonds. The molecule has 4 aliphatic carbocycles. The first-order valence-corrected chi connectivity index (χ1v) is 8.33. The molecule has 0 saturated heterocycles. The molecule has 0 aromatic rings. The van der Waals surface area contributed by atoms with E-state index in [1.54, 1.807) is 0 Å². The third-order valence-electron chi connectivity index (χ3n) is 6.51. The van der Waals surface area contributed by atoms with Gasteiger partial charge in [-0.2, -0.15) is 0 Å². The summed E-state index contributed by atoms with van der Waals surface area (Å²) in [5.74, 6) is 0.353. The molecule has 0 radical (unpaired) electrons. The first-order valence-electron chi connectivity index (χ1n) is 8.33. The zero-order valence-corrected chi connectivity index (χ0v) is 13.9. The monoisotopic (exact) mass is 280 g/mol. The minimum atomic E-state index is -0.190. The number of aliphatic hydroxyl groups is 2. The van der Waals surface area contributed by atoms with Crippen LogP contribution in [0.4, 0.5) is 0 Å². The summed E-state index contributed by atoms with van der Waals surface area (Å²) in [4.78, 5) is 0. The van der Waals surface area contributed by atoms with Crippen LogP contribution in [0.1, 0.15) is 73.1 Å². The second kappa shape index (κ2) is 4.01. The second-order valence-electron chi connectivity index (χ2n) is 10.2. The van der Waals surface area contributed by atoms with Crippen LogP contribution in [-0.4, -0.2) is 22.4 Å². The van der Waals surface area contributed by atoms with Crippen LogP contribution in [-0.2, 0) is 0 Å². The van der Waals surface area contributed by atoms with Gasteiger partial charge in [-0.05, 0) is 66.1 Å². The molecule has 2 N–H and O–H groups in total. The number of aliphatic hydroxyl groups excluding tert-OH is 2. The highest BCUT2D eigenvalue weighted by Gasteiger charge is 2.64. The highest BCUT2D eigenvalue weighted by molar-refractivity contribution is 5.14. The van der Waals surface area contributed by atoms with Gasteiger partial charge in [-0.25, -0.2) is 0 Å². The van der Waals surface area contributed by atoms with Gasteiger partial charge in [0.25, 0.3) is 0 Å². The van der Waals surface area contributed by atoms with E-state index in [1.807, 2.05) is 0 Å². The van der Waals surface area contributed by atoms with Crippen molar-refractivity contribution in [2.45, 2.75) is 85.4 Å². The Labute approximate surface area is 124 Å². The van der Waals surface area contributed by atoms with Crippen LogP contribution in [0.25, 0.3) is 0 Å². The van der Waals surface area contributed by atoms with Gasteiger partial charge in [0.1, 0.15) is 0 Å². The van der Waals surface area contributed by atoms with E-state index in [1.165, 1.54) is 12.8 Å². The number of fused-ring (bicyclic) bond motifs is 2. The van der Waals surface area contributed by atoms with Crippen LogP contribution >= 0.6 is 0 Å². The lowest BCUT2D eigenvalue weighted by Gasteiger charge is -2.68. The molecule has 0 heterocycles. The van der Waals surface area contributed by atoms with Crippen molar-refractivity contribution in [3.8, 4) is 0 Å². The molecule has 4 aliphatic rings. The SMILES string of the molecule is CC1(C)C[C@H](O)CC2(C1)C[C@]1(C)CC(O)[C@H]2C(C)(C)C1. The van der Waals surface area contributed by atoms with Crippen LogP contribution in [0.5, 0.6) is 0 Å². The van der Waals surface area contributed by atoms with E-state index in [4.69, 9.17) is 0 Å². The molecule has 2 unspecified atom stereocenters. The highest BCUT2D eigenvalue weighted by Crippen LogP contribution is 2.70. The minimum absolute atomic E-state index is 0.148. The third kappa shape index (κ3) is 2.14. The fourth-order valence-corrected chi connectivity index (χ4v) is 7.41. The molecule has 2 bridgehead atoms. The fraction of sp³-hybridized carbons (Fsp3) is 1.00. The standard InChI is InChI=1S/C18H32O2/c1-15(2)6-12(19)7-18(9-15)11-17(5)8-13(20)14(18)16(3,4)10-17/h12-14,19-20H,6-11H2,1-5H3/t12-,13?,14-,17+,18?/m0/s1. The van der Waals surface area contributed by atoms with Gasteiger partial charge in [0.2, 0.25) is 0 Å². The zero-order valence-electron chi connectivity index (χ0n) is 13.9. The molecule has 116 valence electrons. The maximum atomic E-state index is 10.8. The average molecular weight is 280 g/mol. The summed E-state index contributed by atoms with van der Waals surface area (Å²) in [7, 11) is 0. The van der Waals surface area contributed by atoms with Gasteiger partial charge < -0.3 is 10.2 Å². The van der Waals surface area contributed by atoms with Gasteiger partial charge in [-0.1, -0.05) is 34.6 Å². The summed E-state index contributed by atoms with van der Waals surface area (Å²) in [5.41, 5.74) is 0.791. The molecule has 1 spiro atoms. The first kappa shape index (κ1) is 14.8. The van der Waals surface area contributed by atoms with E-state index in [0.717, 1.165) is 25.7 Å². The molecule has 20 heavy (non-hydrogen) atoms. The predicted molar refractivity (Wildman–Crippen MR) is 81.3 cm³/mol. The Kier molecular flexibility index (Phi) is 2.98. The molecule has 4 rings (SSSR count). The number of rotatable bonds is 0. The Morgan fingerprint density at radius 2 is 1.45 bits per heavy atom. The topological polar surface area (TPSA) is 40.5 Å². The fourth-order valence-electron chi connectivity index (χ4n) is 7.41. The van der Waals surface area contributed by atoms with Gasteiger partial charge in [-0.15, -0.1) is 0 Å².